The Kier molecular flexibility index (Phi) is 4.07. The van der Waals surface area contributed by atoms with E-state index in [9.17, 15) is 4.79 Å². The molecule has 0 N–H and O–H groups in total. The second-order valence-corrected chi connectivity index (χ2v) is 6.84. The van der Waals surface area contributed by atoms with Gasteiger partial charge in [0.05, 0.1) is 12.3 Å². The average Bonchev–Trinajstić information content (AvgIpc) is 2.97. The van der Waals surface area contributed by atoms with E-state index in [-0.39, 0.29) is 5.91 Å². The molecule has 0 spiro atoms. The van der Waals surface area contributed by atoms with E-state index in [2.05, 4.69) is 14.8 Å². The third kappa shape index (κ3) is 3.21. The highest BCUT2D eigenvalue weighted by Gasteiger charge is 2.26. The van der Waals surface area contributed by atoms with Crippen molar-refractivity contribution in [3.05, 3.63) is 28.7 Å². The Morgan fingerprint density at radius 2 is 2.45 bits per heavy atom. The summed E-state index contributed by atoms with van der Waals surface area (Å²) in [5.41, 5.74) is 0. The van der Waals surface area contributed by atoms with Crippen LogP contribution in [-0.4, -0.2) is 38.4 Å². The van der Waals surface area contributed by atoms with Crippen molar-refractivity contribution in [3.63, 3.8) is 0 Å². The van der Waals surface area contributed by atoms with Crippen LogP contribution in [0.15, 0.2) is 29.0 Å². The van der Waals surface area contributed by atoms with Crippen molar-refractivity contribution in [1.29, 1.82) is 0 Å². The van der Waals surface area contributed by atoms with Gasteiger partial charge in [-0.3, -0.25) is 4.79 Å². The van der Waals surface area contributed by atoms with Gasteiger partial charge in [-0.25, -0.2) is 0 Å². The Morgan fingerprint density at radius 1 is 1.60 bits per heavy atom. The van der Waals surface area contributed by atoms with E-state index < -0.39 is 0 Å². The highest BCUT2D eigenvalue weighted by molar-refractivity contribution is 7.99. The van der Waals surface area contributed by atoms with E-state index in [1.807, 2.05) is 24.6 Å². The summed E-state index contributed by atoms with van der Waals surface area (Å²) in [5.74, 6) is 0.529. The van der Waals surface area contributed by atoms with Gasteiger partial charge >= 0.3 is 0 Å². The molecule has 1 aliphatic rings. The van der Waals surface area contributed by atoms with Gasteiger partial charge in [-0.2, -0.15) is 0 Å². The van der Waals surface area contributed by atoms with Crippen LogP contribution in [0.2, 0.25) is 0 Å². The minimum absolute atomic E-state index is 0.119. The molecular weight excluding hydrogens is 292 g/mol. The Balaban J connectivity index is 1.52. The first kappa shape index (κ1) is 13.6. The van der Waals surface area contributed by atoms with Gasteiger partial charge in [0.25, 0.3) is 0 Å². The van der Waals surface area contributed by atoms with Crippen LogP contribution in [0.5, 0.6) is 0 Å². The minimum atomic E-state index is 0.119. The summed E-state index contributed by atoms with van der Waals surface area (Å²) in [6, 6.07) is 4.60. The molecule has 20 heavy (non-hydrogen) atoms. The molecular formula is C13H16N4OS2. The zero-order valence-corrected chi connectivity index (χ0v) is 12.9. The van der Waals surface area contributed by atoms with Crippen LogP contribution in [0.1, 0.15) is 23.8 Å². The van der Waals surface area contributed by atoms with E-state index in [0.717, 1.165) is 5.16 Å². The summed E-state index contributed by atoms with van der Waals surface area (Å²) >= 11 is 3.14. The number of hydrogen-bond acceptors (Lipinski definition) is 5. The average molecular weight is 308 g/mol. The van der Waals surface area contributed by atoms with Crippen LogP contribution in [0.3, 0.4) is 0 Å². The quantitative estimate of drug-likeness (QED) is 0.769. The molecule has 1 amide bonds. The highest BCUT2D eigenvalue weighted by atomic mass is 32.2. The number of thiophene rings is 1. The fourth-order valence-corrected chi connectivity index (χ4v) is 3.58. The summed E-state index contributed by atoms with van der Waals surface area (Å²) in [6.07, 6.45) is 4.15. The summed E-state index contributed by atoms with van der Waals surface area (Å²) in [4.78, 5) is 15.1. The number of aromatic nitrogens is 3. The summed E-state index contributed by atoms with van der Waals surface area (Å²) in [5, 5.41) is 10.9. The molecule has 106 valence electrons. The molecule has 0 aliphatic heterocycles. The van der Waals surface area contributed by atoms with Crippen LogP contribution in [0.25, 0.3) is 0 Å². The Bertz CT molecular complexity index is 577. The van der Waals surface area contributed by atoms with Crippen LogP contribution < -0.4 is 0 Å². The first-order valence-electron chi connectivity index (χ1n) is 6.52. The van der Waals surface area contributed by atoms with Crippen molar-refractivity contribution in [2.45, 2.75) is 30.6 Å². The van der Waals surface area contributed by atoms with E-state index in [1.54, 1.807) is 22.6 Å². The number of nitrogens with zero attached hydrogens (tertiary/aromatic N) is 4. The predicted octanol–water partition coefficient (Wildman–Crippen LogP) is 2.43. The summed E-state index contributed by atoms with van der Waals surface area (Å²) in [6.45, 7) is 0.673. The van der Waals surface area contributed by atoms with Gasteiger partial charge in [-0.1, -0.05) is 17.8 Å². The van der Waals surface area contributed by atoms with Gasteiger partial charge in [-0.15, -0.1) is 21.5 Å². The first-order chi connectivity index (χ1) is 9.74. The van der Waals surface area contributed by atoms with E-state index >= 15 is 0 Å². The van der Waals surface area contributed by atoms with E-state index in [0.29, 0.717) is 18.3 Å². The molecule has 1 fully saturated rings. The van der Waals surface area contributed by atoms with Crippen LogP contribution in [-0.2, 0) is 11.3 Å². The van der Waals surface area contributed by atoms with Crippen molar-refractivity contribution >= 4 is 29.0 Å². The Morgan fingerprint density at radius 3 is 3.15 bits per heavy atom. The van der Waals surface area contributed by atoms with Crippen molar-refractivity contribution < 1.29 is 4.79 Å². The number of carbonyl (C=O) groups excluding carboxylic acids is 1. The number of carbonyl (C=O) groups is 1. The predicted molar refractivity (Wildman–Crippen MR) is 79.8 cm³/mol. The molecule has 0 radical (unpaired) electrons. The molecule has 2 aromatic heterocycles. The van der Waals surface area contributed by atoms with Gasteiger partial charge in [0.2, 0.25) is 5.91 Å². The monoisotopic (exact) mass is 308 g/mol. The lowest BCUT2D eigenvalue weighted by Crippen LogP contribution is -2.27. The van der Waals surface area contributed by atoms with Crippen molar-refractivity contribution in [1.82, 2.24) is 19.7 Å². The summed E-state index contributed by atoms with van der Waals surface area (Å²) < 4.78 is 2.08. The van der Waals surface area contributed by atoms with E-state index in [4.69, 9.17) is 0 Å². The molecule has 0 aromatic carbocycles. The van der Waals surface area contributed by atoms with Gasteiger partial charge in [0, 0.05) is 18.0 Å². The lowest BCUT2D eigenvalue weighted by atomic mass is 10.4. The normalized spacial score (nSPS) is 14.4. The zero-order chi connectivity index (χ0) is 13.9. The lowest BCUT2D eigenvalue weighted by molar-refractivity contribution is -0.127. The Labute approximate surface area is 126 Å². The molecule has 0 unspecified atom stereocenters. The molecule has 2 heterocycles. The smallest absolute Gasteiger partial charge is 0.233 e. The lowest BCUT2D eigenvalue weighted by Gasteiger charge is -2.15. The SMILES string of the molecule is CN(Cc1cccs1)C(=O)CSc1nncn1C1CC1. The second kappa shape index (κ2) is 5.97. The number of thioether (sulfide) groups is 1. The number of hydrogen-bond donors (Lipinski definition) is 0. The van der Waals surface area contributed by atoms with Gasteiger partial charge < -0.3 is 9.47 Å². The summed E-state index contributed by atoms with van der Waals surface area (Å²) in [7, 11) is 1.84. The molecule has 0 bridgehead atoms. The molecule has 0 atom stereocenters. The number of rotatable bonds is 6. The third-order valence-corrected chi connectivity index (χ3v) is 5.01. The Hall–Kier alpha value is -1.34. The van der Waals surface area contributed by atoms with Crippen molar-refractivity contribution in [2.24, 2.45) is 0 Å². The fraction of sp³-hybridized carbons (Fsp3) is 0.462. The molecule has 0 saturated heterocycles. The minimum Gasteiger partial charge on any atom is -0.340 e. The van der Waals surface area contributed by atoms with Crippen LogP contribution in [0, 0.1) is 0 Å². The molecule has 1 saturated carbocycles. The third-order valence-electron chi connectivity index (χ3n) is 3.20. The first-order valence-corrected chi connectivity index (χ1v) is 8.39. The van der Waals surface area contributed by atoms with Gasteiger partial charge in [-0.05, 0) is 24.3 Å². The fourth-order valence-electron chi connectivity index (χ4n) is 1.90. The van der Waals surface area contributed by atoms with Crippen molar-refractivity contribution in [2.75, 3.05) is 12.8 Å². The maximum absolute atomic E-state index is 12.1. The van der Waals surface area contributed by atoms with Gasteiger partial charge in [0.15, 0.2) is 5.16 Å². The molecule has 2 aromatic rings. The maximum Gasteiger partial charge on any atom is 0.233 e. The topological polar surface area (TPSA) is 51.0 Å². The largest absolute Gasteiger partial charge is 0.340 e. The highest BCUT2D eigenvalue weighted by Crippen LogP contribution is 2.37. The zero-order valence-electron chi connectivity index (χ0n) is 11.2. The van der Waals surface area contributed by atoms with Gasteiger partial charge in [0.1, 0.15) is 6.33 Å². The van der Waals surface area contributed by atoms with Crippen molar-refractivity contribution in [3.8, 4) is 0 Å². The molecule has 5 nitrogen and oxygen atoms in total. The maximum atomic E-state index is 12.1. The molecule has 7 heteroatoms. The molecule has 3 rings (SSSR count). The molecule has 1 aliphatic carbocycles. The van der Waals surface area contributed by atoms with Crippen LogP contribution in [0.4, 0.5) is 0 Å². The standard InChI is InChI=1S/C13H16N4OS2/c1-16(7-11-3-2-6-19-11)12(18)8-20-13-15-14-9-17(13)10-4-5-10/h2-3,6,9-10H,4-5,7-8H2,1H3. The van der Waals surface area contributed by atoms with E-state index in [1.165, 1.54) is 29.5 Å². The number of amides is 1. The second-order valence-electron chi connectivity index (χ2n) is 4.87. The van der Waals surface area contributed by atoms with Crippen LogP contribution >= 0.6 is 23.1 Å².